The molecule has 0 aliphatic carbocycles. The Bertz CT molecular complexity index is 478. The molecule has 0 unspecified atom stereocenters. The third-order valence-corrected chi connectivity index (χ3v) is 1.98. The number of para-hydroxylation sites is 1. The molecule has 2 rings (SSSR count). The lowest BCUT2D eigenvalue weighted by atomic mass is 10.1. The SMILES string of the molecule is C=C1Oc2cccc(C(=O)O)c2NC1=O. The van der Waals surface area contributed by atoms with Crippen molar-refractivity contribution in [1.82, 2.24) is 0 Å². The lowest BCUT2D eigenvalue weighted by molar-refractivity contribution is -0.115. The molecular weight excluding hydrogens is 198 g/mol. The lowest BCUT2D eigenvalue weighted by Gasteiger charge is -2.20. The fraction of sp³-hybridized carbons (Fsp3) is 0. The summed E-state index contributed by atoms with van der Waals surface area (Å²) >= 11 is 0. The topological polar surface area (TPSA) is 75.6 Å². The minimum absolute atomic E-state index is 0.00616. The van der Waals surface area contributed by atoms with Gasteiger partial charge in [-0.1, -0.05) is 12.6 Å². The summed E-state index contributed by atoms with van der Waals surface area (Å²) < 4.78 is 5.07. The van der Waals surface area contributed by atoms with Crippen LogP contribution in [0.25, 0.3) is 0 Å². The van der Waals surface area contributed by atoms with Gasteiger partial charge in [-0.25, -0.2) is 4.79 Å². The van der Waals surface area contributed by atoms with Crippen molar-refractivity contribution >= 4 is 17.6 Å². The third kappa shape index (κ3) is 1.43. The van der Waals surface area contributed by atoms with Crippen molar-refractivity contribution in [2.45, 2.75) is 0 Å². The molecular formula is C10H7NO4. The first-order valence-corrected chi connectivity index (χ1v) is 4.14. The van der Waals surface area contributed by atoms with Crippen molar-refractivity contribution in [2.75, 3.05) is 5.32 Å². The predicted octanol–water partition coefficient (Wildman–Crippen LogP) is 1.23. The molecule has 1 heterocycles. The van der Waals surface area contributed by atoms with Crippen LogP contribution in [0.15, 0.2) is 30.5 Å². The van der Waals surface area contributed by atoms with Crippen LogP contribution < -0.4 is 10.1 Å². The molecule has 0 atom stereocenters. The summed E-state index contributed by atoms with van der Waals surface area (Å²) in [7, 11) is 0. The van der Waals surface area contributed by atoms with E-state index in [4.69, 9.17) is 9.84 Å². The van der Waals surface area contributed by atoms with E-state index in [2.05, 4.69) is 11.9 Å². The largest absolute Gasteiger partial charge is 0.478 e. The van der Waals surface area contributed by atoms with E-state index in [1.165, 1.54) is 12.1 Å². The zero-order valence-corrected chi connectivity index (χ0v) is 7.61. The summed E-state index contributed by atoms with van der Waals surface area (Å²) in [5, 5.41) is 11.3. The van der Waals surface area contributed by atoms with E-state index >= 15 is 0 Å². The van der Waals surface area contributed by atoms with Crippen molar-refractivity contribution in [3.8, 4) is 5.75 Å². The molecule has 0 radical (unpaired) electrons. The summed E-state index contributed by atoms with van der Waals surface area (Å²) in [5.74, 6) is -1.41. The van der Waals surface area contributed by atoms with Crippen molar-refractivity contribution in [3.63, 3.8) is 0 Å². The highest BCUT2D eigenvalue weighted by atomic mass is 16.5. The minimum Gasteiger partial charge on any atom is -0.478 e. The zero-order valence-electron chi connectivity index (χ0n) is 7.61. The second kappa shape index (κ2) is 3.13. The first-order valence-electron chi connectivity index (χ1n) is 4.14. The molecule has 2 N–H and O–H groups in total. The van der Waals surface area contributed by atoms with Crippen LogP contribution in [0.3, 0.4) is 0 Å². The zero-order chi connectivity index (χ0) is 11.0. The number of amides is 1. The van der Waals surface area contributed by atoms with Crippen molar-refractivity contribution in [3.05, 3.63) is 36.1 Å². The van der Waals surface area contributed by atoms with E-state index in [-0.39, 0.29) is 17.0 Å². The number of carbonyl (C=O) groups excluding carboxylic acids is 1. The highest BCUT2D eigenvalue weighted by Gasteiger charge is 2.24. The van der Waals surface area contributed by atoms with E-state index in [0.29, 0.717) is 5.75 Å². The molecule has 5 nitrogen and oxygen atoms in total. The smallest absolute Gasteiger partial charge is 0.337 e. The fourth-order valence-electron chi connectivity index (χ4n) is 1.29. The molecule has 0 aromatic heterocycles. The monoisotopic (exact) mass is 205 g/mol. The average Bonchev–Trinajstić information content (AvgIpc) is 2.18. The van der Waals surface area contributed by atoms with E-state index in [0.717, 1.165) is 0 Å². The second-order valence-corrected chi connectivity index (χ2v) is 2.96. The molecule has 1 aromatic carbocycles. The van der Waals surface area contributed by atoms with Crippen LogP contribution in [0.2, 0.25) is 0 Å². The van der Waals surface area contributed by atoms with Crippen LogP contribution in [0.5, 0.6) is 5.75 Å². The summed E-state index contributed by atoms with van der Waals surface area (Å²) in [6, 6.07) is 4.48. The molecule has 1 aromatic rings. The van der Waals surface area contributed by atoms with Gasteiger partial charge in [-0.2, -0.15) is 0 Å². The van der Waals surface area contributed by atoms with Gasteiger partial charge in [0.1, 0.15) is 0 Å². The quantitative estimate of drug-likeness (QED) is 0.676. The van der Waals surface area contributed by atoms with E-state index < -0.39 is 11.9 Å². The lowest BCUT2D eigenvalue weighted by Crippen LogP contribution is -2.24. The number of hydrogen-bond donors (Lipinski definition) is 2. The molecule has 0 spiro atoms. The third-order valence-electron chi connectivity index (χ3n) is 1.98. The maximum absolute atomic E-state index is 11.2. The number of hydrogen-bond acceptors (Lipinski definition) is 3. The van der Waals surface area contributed by atoms with Crippen LogP contribution >= 0.6 is 0 Å². The fourth-order valence-corrected chi connectivity index (χ4v) is 1.29. The number of carboxylic acid groups (broad SMARTS) is 1. The maximum Gasteiger partial charge on any atom is 0.337 e. The molecule has 76 valence electrons. The van der Waals surface area contributed by atoms with E-state index in [1.54, 1.807) is 6.07 Å². The Labute approximate surface area is 85.0 Å². The molecule has 0 fully saturated rings. The number of benzene rings is 1. The number of aromatic carboxylic acids is 1. The van der Waals surface area contributed by atoms with Gasteiger partial charge < -0.3 is 15.2 Å². The van der Waals surface area contributed by atoms with Gasteiger partial charge >= 0.3 is 5.97 Å². The maximum atomic E-state index is 11.2. The van der Waals surface area contributed by atoms with Gasteiger partial charge in [0.05, 0.1) is 11.3 Å². The van der Waals surface area contributed by atoms with Crippen LogP contribution in [0, 0.1) is 0 Å². The normalized spacial score (nSPS) is 13.9. The molecule has 0 saturated carbocycles. The summed E-state index contributed by atoms with van der Waals surface area (Å²) in [6.07, 6.45) is 0. The second-order valence-electron chi connectivity index (χ2n) is 2.96. The van der Waals surface area contributed by atoms with Crippen molar-refractivity contribution < 1.29 is 19.4 Å². The number of nitrogens with one attached hydrogen (secondary N) is 1. The number of ether oxygens (including phenoxy) is 1. The Hall–Kier alpha value is -2.30. The first kappa shape index (κ1) is 9.26. The summed E-state index contributed by atoms with van der Waals surface area (Å²) in [6.45, 7) is 3.39. The van der Waals surface area contributed by atoms with Gasteiger partial charge in [0.2, 0.25) is 0 Å². The Morgan fingerprint density at radius 2 is 2.20 bits per heavy atom. The Morgan fingerprint density at radius 1 is 1.47 bits per heavy atom. The number of carboxylic acids is 1. The molecule has 1 aliphatic rings. The summed E-state index contributed by atoms with van der Waals surface area (Å²) in [5.41, 5.74) is 0.163. The number of carbonyl (C=O) groups is 2. The number of fused-ring (bicyclic) bond motifs is 1. The van der Waals surface area contributed by atoms with Gasteiger partial charge in [0.15, 0.2) is 11.5 Å². The van der Waals surface area contributed by atoms with Crippen molar-refractivity contribution in [1.29, 1.82) is 0 Å². The van der Waals surface area contributed by atoms with Crippen LogP contribution in [0.1, 0.15) is 10.4 Å². The van der Waals surface area contributed by atoms with Gasteiger partial charge in [0.25, 0.3) is 5.91 Å². The van der Waals surface area contributed by atoms with E-state index in [1.807, 2.05) is 0 Å². The van der Waals surface area contributed by atoms with Gasteiger partial charge in [0, 0.05) is 0 Å². The van der Waals surface area contributed by atoms with E-state index in [9.17, 15) is 9.59 Å². The van der Waals surface area contributed by atoms with Crippen LogP contribution in [-0.4, -0.2) is 17.0 Å². The Kier molecular flexibility index (Phi) is 1.93. The summed E-state index contributed by atoms with van der Waals surface area (Å²) in [4.78, 5) is 22.0. The molecule has 0 saturated heterocycles. The van der Waals surface area contributed by atoms with Crippen molar-refractivity contribution in [2.24, 2.45) is 0 Å². The molecule has 0 bridgehead atoms. The van der Waals surface area contributed by atoms with Crippen LogP contribution in [0.4, 0.5) is 5.69 Å². The van der Waals surface area contributed by atoms with Gasteiger partial charge in [-0.15, -0.1) is 0 Å². The number of anilines is 1. The predicted molar refractivity (Wildman–Crippen MR) is 51.8 cm³/mol. The molecule has 1 amide bonds. The highest BCUT2D eigenvalue weighted by molar-refractivity contribution is 6.09. The van der Waals surface area contributed by atoms with Gasteiger partial charge in [-0.05, 0) is 12.1 Å². The highest BCUT2D eigenvalue weighted by Crippen LogP contribution is 2.33. The average molecular weight is 205 g/mol. The number of rotatable bonds is 1. The van der Waals surface area contributed by atoms with Gasteiger partial charge in [-0.3, -0.25) is 4.79 Å². The molecule has 1 aliphatic heterocycles. The standard InChI is InChI=1S/C10H7NO4/c1-5-9(12)11-8-6(10(13)14)3-2-4-7(8)15-5/h2-4H,1H2,(H,11,12)(H,13,14). The first-order chi connectivity index (χ1) is 7.09. The molecule has 15 heavy (non-hydrogen) atoms. The van der Waals surface area contributed by atoms with Crippen LogP contribution in [-0.2, 0) is 4.79 Å². The Balaban J connectivity index is 2.57. The minimum atomic E-state index is -1.12. The molecule has 5 heteroatoms. The Morgan fingerprint density at radius 3 is 2.87 bits per heavy atom.